The lowest BCUT2D eigenvalue weighted by atomic mass is 10.3. The molecule has 1 aromatic rings. The Kier molecular flexibility index (Phi) is 4.02. The van der Waals surface area contributed by atoms with E-state index in [2.05, 4.69) is 4.98 Å². The van der Waals surface area contributed by atoms with Crippen LogP contribution in [0.5, 0.6) is 0 Å². The number of nitrogens with zero attached hydrogens (tertiary/aromatic N) is 2. The van der Waals surface area contributed by atoms with Crippen LogP contribution in [0, 0.1) is 0 Å². The number of hydrogen-bond acceptors (Lipinski definition) is 4. The highest BCUT2D eigenvalue weighted by Gasteiger charge is 2.17. The topological polar surface area (TPSA) is 75.3 Å². The molecule has 0 radical (unpaired) electrons. The van der Waals surface area contributed by atoms with E-state index in [1.54, 1.807) is 0 Å². The van der Waals surface area contributed by atoms with Gasteiger partial charge in [0, 0.05) is 6.42 Å². The molecule has 2 N–H and O–H groups in total. The summed E-state index contributed by atoms with van der Waals surface area (Å²) in [6.45, 7) is 1.98. The van der Waals surface area contributed by atoms with Crippen LogP contribution in [0.3, 0.4) is 0 Å². The summed E-state index contributed by atoms with van der Waals surface area (Å²) in [5, 5.41) is 19.0. The number of carboxylic acids is 1. The smallest absolute Gasteiger partial charge is 0.309 e. The van der Waals surface area contributed by atoms with Crippen LogP contribution in [0.4, 0.5) is 0 Å². The van der Waals surface area contributed by atoms with Crippen LogP contribution in [-0.2, 0) is 17.6 Å². The molecule has 1 heterocycles. The van der Waals surface area contributed by atoms with Gasteiger partial charge < -0.3 is 10.3 Å². The first-order chi connectivity index (χ1) is 7.10. The Balaban J connectivity index is 3.05. The average Bonchev–Trinajstić information content (AvgIpc) is 2.46. The van der Waals surface area contributed by atoms with Gasteiger partial charge in [0.1, 0.15) is 16.5 Å². The van der Waals surface area contributed by atoms with E-state index >= 15 is 0 Å². The standard InChI is InChI=1S/C9H14N2O3S/c1-3-4-7-10-9(15-2)6(11(7)14)5-8(12)13/h14H,3-5H2,1-2H3,(H,12,13). The SMILES string of the molecule is CCCc1nc(SC)c(CC(=O)O)n1O. The Morgan fingerprint density at radius 1 is 1.60 bits per heavy atom. The van der Waals surface area contributed by atoms with Gasteiger partial charge in [-0.2, -0.15) is 4.73 Å². The normalized spacial score (nSPS) is 10.5. The third-order valence-electron chi connectivity index (χ3n) is 1.96. The minimum absolute atomic E-state index is 0.205. The summed E-state index contributed by atoms with van der Waals surface area (Å²) in [6, 6.07) is 0. The molecule has 0 bridgehead atoms. The van der Waals surface area contributed by atoms with Crippen molar-refractivity contribution in [2.75, 3.05) is 6.26 Å². The van der Waals surface area contributed by atoms with Gasteiger partial charge in [-0.05, 0) is 12.7 Å². The van der Waals surface area contributed by atoms with Crippen molar-refractivity contribution in [3.05, 3.63) is 11.5 Å². The molecule has 0 amide bonds. The number of rotatable bonds is 5. The van der Waals surface area contributed by atoms with Gasteiger partial charge in [-0.3, -0.25) is 4.79 Å². The van der Waals surface area contributed by atoms with Gasteiger partial charge in [-0.25, -0.2) is 4.98 Å². The van der Waals surface area contributed by atoms with E-state index in [1.165, 1.54) is 11.8 Å². The number of aryl methyl sites for hydroxylation is 1. The van der Waals surface area contributed by atoms with E-state index in [0.717, 1.165) is 11.2 Å². The molecule has 0 saturated heterocycles. The first-order valence-corrected chi connectivity index (χ1v) is 5.88. The summed E-state index contributed by atoms with van der Waals surface area (Å²) in [7, 11) is 0. The highest BCUT2D eigenvalue weighted by Crippen LogP contribution is 2.21. The fourth-order valence-electron chi connectivity index (χ4n) is 1.32. The first kappa shape index (κ1) is 11.9. The molecule has 1 rings (SSSR count). The summed E-state index contributed by atoms with van der Waals surface area (Å²) in [6.07, 6.45) is 3.11. The quantitative estimate of drug-likeness (QED) is 0.591. The number of carboxylic acid groups (broad SMARTS) is 1. The molecule has 0 fully saturated rings. The molecule has 0 aliphatic rings. The van der Waals surface area contributed by atoms with Crippen LogP contribution in [0.1, 0.15) is 24.9 Å². The predicted molar refractivity (Wildman–Crippen MR) is 56.5 cm³/mol. The van der Waals surface area contributed by atoms with E-state index in [0.29, 0.717) is 23.0 Å². The summed E-state index contributed by atoms with van der Waals surface area (Å²) in [5.74, 6) is -0.443. The molecule has 0 aliphatic heterocycles. The molecule has 0 aliphatic carbocycles. The molecule has 0 saturated carbocycles. The monoisotopic (exact) mass is 230 g/mol. The molecule has 0 atom stereocenters. The van der Waals surface area contributed by atoms with Crippen molar-refractivity contribution in [2.45, 2.75) is 31.2 Å². The number of hydrogen-bond donors (Lipinski definition) is 2. The van der Waals surface area contributed by atoms with Crippen LogP contribution in [0.2, 0.25) is 0 Å². The molecule has 0 aromatic carbocycles. The molecule has 0 unspecified atom stereocenters. The minimum atomic E-state index is -0.969. The number of thioether (sulfide) groups is 1. The summed E-state index contributed by atoms with van der Waals surface area (Å²) in [4.78, 5) is 14.8. The van der Waals surface area contributed by atoms with E-state index in [1.807, 2.05) is 13.2 Å². The fourth-order valence-corrected chi connectivity index (χ4v) is 1.91. The second kappa shape index (κ2) is 5.06. The highest BCUT2D eigenvalue weighted by atomic mass is 32.2. The zero-order valence-corrected chi connectivity index (χ0v) is 9.54. The van der Waals surface area contributed by atoms with Crippen LogP contribution in [-0.4, -0.2) is 32.3 Å². The van der Waals surface area contributed by atoms with E-state index in [9.17, 15) is 10.0 Å². The lowest BCUT2D eigenvalue weighted by Crippen LogP contribution is -2.08. The van der Waals surface area contributed by atoms with Gasteiger partial charge in [-0.1, -0.05) is 6.92 Å². The van der Waals surface area contributed by atoms with Crippen molar-refractivity contribution in [3.63, 3.8) is 0 Å². The lowest BCUT2D eigenvalue weighted by Gasteiger charge is -2.01. The number of aliphatic carboxylic acids is 1. The Morgan fingerprint density at radius 2 is 2.27 bits per heavy atom. The second-order valence-electron chi connectivity index (χ2n) is 3.12. The molecule has 0 spiro atoms. The number of aromatic nitrogens is 2. The lowest BCUT2D eigenvalue weighted by molar-refractivity contribution is -0.136. The van der Waals surface area contributed by atoms with Gasteiger partial charge in [0.2, 0.25) is 0 Å². The Morgan fingerprint density at radius 3 is 2.73 bits per heavy atom. The zero-order chi connectivity index (χ0) is 11.4. The summed E-state index contributed by atoms with van der Waals surface area (Å²) < 4.78 is 0.906. The van der Waals surface area contributed by atoms with Gasteiger partial charge in [0.25, 0.3) is 0 Å². The summed E-state index contributed by atoms with van der Waals surface area (Å²) >= 11 is 1.34. The Bertz CT molecular complexity index is 362. The maximum atomic E-state index is 10.6. The third kappa shape index (κ3) is 2.65. The van der Waals surface area contributed by atoms with Crippen molar-refractivity contribution in [3.8, 4) is 0 Å². The zero-order valence-electron chi connectivity index (χ0n) is 8.73. The molecule has 5 nitrogen and oxygen atoms in total. The van der Waals surface area contributed by atoms with Crippen LogP contribution >= 0.6 is 11.8 Å². The minimum Gasteiger partial charge on any atom is -0.481 e. The van der Waals surface area contributed by atoms with Crippen molar-refractivity contribution < 1.29 is 15.1 Å². The third-order valence-corrected chi connectivity index (χ3v) is 2.68. The van der Waals surface area contributed by atoms with E-state index in [-0.39, 0.29) is 6.42 Å². The van der Waals surface area contributed by atoms with Crippen molar-refractivity contribution in [2.24, 2.45) is 0 Å². The van der Waals surface area contributed by atoms with Gasteiger partial charge in [-0.15, -0.1) is 11.8 Å². The molecule has 15 heavy (non-hydrogen) atoms. The van der Waals surface area contributed by atoms with Crippen LogP contribution in [0.15, 0.2) is 5.03 Å². The second-order valence-corrected chi connectivity index (χ2v) is 3.91. The first-order valence-electron chi connectivity index (χ1n) is 4.65. The van der Waals surface area contributed by atoms with E-state index in [4.69, 9.17) is 5.11 Å². The predicted octanol–water partition coefficient (Wildman–Crippen LogP) is 1.42. The van der Waals surface area contributed by atoms with Crippen LogP contribution in [0.25, 0.3) is 0 Å². The van der Waals surface area contributed by atoms with Crippen molar-refractivity contribution >= 4 is 17.7 Å². The van der Waals surface area contributed by atoms with Crippen molar-refractivity contribution in [1.29, 1.82) is 0 Å². The highest BCUT2D eigenvalue weighted by molar-refractivity contribution is 7.98. The molecular weight excluding hydrogens is 216 g/mol. The maximum Gasteiger partial charge on any atom is 0.309 e. The van der Waals surface area contributed by atoms with Gasteiger partial charge in [0.15, 0.2) is 0 Å². The molecule has 1 aromatic heterocycles. The molecule has 6 heteroatoms. The molecule has 84 valence electrons. The number of imidazole rings is 1. The number of carbonyl (C=O) groups is 1. The largest absolute Gasteiger partial charge is 0.481 e. The Labute approximate surface area is 92.1 Å². The van der Waals surface area contributed by atoms with Gasteiger partial charge in [0.05, 0.1) is 6.42 Å². The fraction of sp³-hybridized carbons (Fsp3) is 0.556. The van der Waals surface area contributed by atoms with E-state index < -0.39 is 5.97 Å². The summed E-state index contributed by atoms with van der Waals surface area (Å²) in [5.41, 5.74) is 0.360. The average molecular weight is 230 g/mol. The van der Waals surface area contributed by atoms with Gasteiger partial charge >= 0.3 is 5.97 Å². The van der Waals surface area contributed by atoms with Crippen molar-refractivity contribution in [1.82, 2.24) is 9.71 Å². The van der Waals surface area contributed by atoms with Crippen LogP contribution < -0.4 is 0 Å². The Hall–Kier alpha value is -1.17. The molecular formula is C9H14N2O3S. The maximum absolute atomic E-state index is 10.6.